The van der Waals surface area contributed by atoms with E-state index in [1.807, 2.05) is 18.2 Å². The van der Waals surface area contributed by atoms with Gasteiger partial charge in [-0.2, -0.15) is 0 Å². The minimum Gasteiger partial charge on any atom is -0.330 e. The molecule has 0 saturated carbocycles. The first-order chi connectivity index (χ1) is 9.06. The molecule has 0 aromatic heterocycles. The molecule has 0 spiro atoms. The number of benzene rings is 1. The first-order valence-corrected chi connectivity index (χ1v) is 7.71. The molecule has 2 N–H and O–H groups in total. The number of halogens is 2. The molecule has 2 nitrogen and oxygen atoms in total. The molecule has 0 radical (unpaired) electrons. The summed E-state index contributed by atoms with van der Waals surface area (Å²) < 4.78 is 0. The third kappa shape index (κ3) is 3.08. The third-order valence-electron chi connectivity index (χ3n) is 4.06. The number of hydrogen-bond acceptors (Lipinski definition) is 2. The van der Waals surface area contributed by atoms with Crippen LogP contribution in [0.3, 0.4) is 0 Å². The van der Waals surface area contributed by atoms with Gasteiger partial charge in [0.2, 0.25) is 0 Å². The van der Waals surface area contributed by atoms with Crippen LogP contribution in [0.25, 0.3) is 0 Å². The van der Waals surface area contributed by atoms with Gasteiger partial charge < -0.3 is 5.73 Å². The summed E-state index contributed by atoms with van der Waals surface area (Å²) in [5, 5.41) is 1.51. The molecule has 0 bridgehead atoms. The van der Waals surface area contributed by atoms with Crippen LogP contribution < -0.4 is 5.73 Å². The lowest BCUT2D eigenvalue weighted by molar-refractivity contribution is 0.0667. The molecule has 1 aromatic rings. The second-order valence-corrected chi connectivity index (χ2v) is 6.36. The van der Waals surface area contributed by atoms with Crippen molar-refractivity contribution < 1.29 is 0 Å². The molecule has 106 valence electrons. The van der Waals surface area contributed by atoms with Crippen LogP contribution in [-0.4, -0.2) is 24.0 Å². The molecule has 1 heterocycles. The maximum absolute atomic E-state index is 6.40. The minimum absolute atomic E-state index is 0.236. The number of nitrogens with zero attached hydrogens (tertiary/aromatic N) is 1. The third-order valence-corrected chi connectivity index (χ3v) is 4.72. The first kappa shape index (κ1) is 15.1. The van der Waals surface area contributed by atoms with Crippen molar-refractivity contribution in [2.24, 2.45) is 11.7 Å². The molecule has 2 unspecified atom stereocenters. The highest BCUT2D eigenvalue weighted by atomic mass is 35.5. The smallest absolute Gasteiger partial charge is 0.0468 e. The van der Waals surface area contributed by atoms with Crippen LogP contribution >= 0.6 is 23.2 Å². The van der Waals surface area contributed by atoms with E-state index < -0.39 is 0 Å². The molecule has 1 saturated heterocycles. The van der Waals surface area contributed by atoms with Gasteiger partial charge in [-0.25, -0.2) is 0 Å². The summed E-state index contributed by atoms with van der Waals surface area (Å²) in [5.74, 6) is 0.425. The molecule has 0 aliphatic carbocycles. The fraction of sp³-hybridized carbons (Fsp3) is 0.600. The highest BCUT2D eigenvalue weighted by molar-refractivity contribution is 6.36. The predicted octanol–water partition coefficient (Wildman–Crippen LogP) is 4.11. The van der Waals surface area contributed by atoms with Gasteiger partial charge >= 0.3 is 0 Å². The molecule has 1 aliphatic rings. The van der Waals surface area contributed by atoms with Crippen LogP contribution in [0.15, 0.2) is 18.2 Å². The molecule has 1 aliphatic heterocycles. The van der Waals surface area contributed by atoms with Crippen LogP contribution in [-0.2, 0) is 0 Å². The quantitative estimate of drug-likeness (QED) is 0.910. The zero-order valence-corrected chi connectivity index (χ0v) is 13.1. The van der Waals surface area contributed by atoms with Crippen molar-refractivity contribution in [3.05, 3.63) is 33.8 Å². The number of likely N-dealkylation sites (tertiary alicyclic amines) is 1. The Morgan fingerprint density at radius 2 is 1.95 bits per heavy atom. The standard InChI is InChI=1S/C15H22Cl2N2/c1-10(2)19-8-4-5-11(9-18)15(19)14-12(16)6-3-7-13(14)17/h3,6-7,10-11,15H,4-5,8-9,18H2,1-2H3. The van der Waals surface area contributed by atoms with Crippen molar-refractivity contribution in [2.45, 2.75) is 38.8 Å². The maximum Gasteiger partial charge on any atom is 0.0468 e. The Labute approximate surface area is 125 Å². The van der Waals surface area contributed by atoms with E-state index in [4.69, 9.17) is 28.9 Å². The molecule has 2 rings (SSSR count). The van der Waals surface area contributed by atoms with Crippen molar-refractivity contribution in [1.29, 1.82) is 0 Å². The fourth-order valence-corrected chi connectivity index (χ4v) is 3.75. The van der Waals surface area contributed by atoms with E-state index in [9.17, 15) is 0 Å². The Bertz CT molecular complexity index is 414. The lowest BCUT2D eigenvalue weighted by atomic mass is 9.84. The topological polar surface area (TPSA) is 29.3 Å². The van der Waals surface area contributed by atoms with Crippen LogP contribution in [0.5, 0.6) is 0 Å². The lowest BCUT2D eigenvalue weighted by Gasteiger charge is -2.44. The second kappa shape index (κ2) is 6.45. The zero-order valence-electron chi connectivity index (χ0n) is 11.6. The summed E-state index contributed by atoms with van der Waals surface area (Å²) in [6.07, 6.45) is 2.34. The first-order valence-electron chi connectivity index (χ1n) is 6.96. The highest BCUT2D eigenvalue weighted by Crippen LogP contribution is 2.42. The Hall–Kier alpha value is -0.280. The summed E-state index contributed by atoms with van der Waals surface area (Å²) in [6, 6.07) is 6.44. The van der Waals surface area contributed by atoms with E-state index >= 15 is 0 Å². The number of nitrogens with two attached hydrogens (primary N) is 1. The van der Waals surface area contributed by atoms with E-state index in [-0.39, 0.29) is 6.04 Å². The second-order valence-electron chi connectivity index (χ2n) is 5.55. The highest BCUT2D eigenvalue weighted by Gasteiger charge is 2.35. The van der Waals surface area contributed by atoms with E-state index in [1.165, 1.54) is 6.42 Å². The Morgan fingerprint density at radius 3 is 2.47 bits per heavy atom. The monoisotopic (exact) mass is 300 g/mol. The van der Waals surface area contributed by atoms with Gasteiger partial charge in [0.1, 0.15) is 0 Å². The molecular formula is C15H22Cl2N2. The molecule has 4 heteroatoms. The van der Waals surface area contributed by atoms with Crippen molar-refractivity contribution >= 4 is 23.2 Å². The molecule has 0 amide bonds. The summed E-state index contributed by atoms with van der Waals surface area (Å²) in [5.41, 5.74) is 7.03. The summed E-state index contributed by atoms with van der Waals surface area (Å²) in [6.45, 7) is 6.20. The van der Waals surface area contributed by atoms with Crippen LogP contribution in [0.4, 0.5) is 0 Å². The van der Waals surface area contributed by atoms with Crippen molar-refractivity contribution in [1.82, 2.24) is 4.90 Å². The van der Waals surface area contributed by atoms with Gasteiger partial charge in [0.05, 0.1) is 0 Å². The van der Waals surface area contributed by atoms with E-state index in [0.717, 1.165) is 28.6 Å². The molecule has 1 aromatic carbocycles. The normalized spacial score (nSPS) is 24.9. The SMILES string of the molecule is CC(C)N1CCCC(CN)C1c1c(Cl)cccc1Cl. The average Bonchev–Trinajstić information content (AvgIpc) is 2.38. The van der Waals surface area contributed by atoms with E-state index in [2.05, 4.69) is 18.7 Å². The summed E-state index contributed by atoms with van der Waals surface area (Å²) >= 11 is 12.8. The average molecular weight is 301 g/mol. The summed E-state index contributed by atoms with van der Waals surface area (Å²) in [4.78, 5) is 2.48. The number of hydrogen-bond donors (Lipinski definition) is 1. The van der Waals surface area contributed by atoms with Gasteiger partial charge in [-0.15, -0.1) is 0 Å². The predicted molar refractivity (Wildman–Crippen MR) is 82.8 cm³/mol. The van der Waals surface area contributed by atoms with E-state index in [1.54, 1.807) is 0 Å². The fourth-order valence-electron chi connectivity index (χ4n) is 3.12. The van der Waals surface area contributed by atoms with Gasteiger partial charge in [-0.1, -0.05) is 29.3 Å². The maximum atomic E-state index is 6.40. The Balaban J connectivity index is 2.45. The molecule has 2 atom stereocenters. The molecular weight excluding hydrogens is 279 g/mol. The molecule has 19 heavy (non-hydrogen) atoms. The van der Waals surface area contributed by atoms with Gasteiger partial charge in [0, 0.05) is 27.7 Å². The zero-order chi connectivity index (χ0) is 14.0. The number of piperidine rings is 1. The largest absolute Gasteiger partial charge is 0.330 e. The van der Waals surface area contributed by atoms with Crippen LogP contribution in [0.2, 0.25) is 10.0 Å². The van der Waals surface area contributed by atoms with E-state index in [0.29, 0.717) is 18.5 Å². The Kier molecular flexibility index (Phi) is 5.13. The Morgan fingerprint density at radius 1 is 1.32 bits per heavy atom. The lowest BCUT2D eigenvalue weighted by Crippen LogP contribution is -2.45. The van der Waals surface area contributed by atoms with Crippen LogP contribution in [0.1, 0.15) is 38.3 Å². The van der Waals surface area contributed by atoms with Gasteiger partial charge in [-0.3, -0.25) is 4.90 Å². The molecule has 1 fully saturated rings. The van der Waals surface area contributed by atoms with Gasteiger partial charge in [0.15, 0.2) is 0 Å². The van der Waals surface area contributed by atoms with Crippen molar-refractivity contribution in [3.63, 3.8) is 0 Å². The minimum atomic E-state index is 0.236. The van der Waals surface area contributed by atoms with Crippen molar-refractivity contribution in [2.75, 3.05) is 13.1 Å². The van der Waals surface area contributed by atoms with Crippen LogP contribution in [0, 0.1) is 5.92 Å². The van der Waals surface area contributed by atoms with Gasteiger partial charge in [0.25, 0.3) is 0 Å². The number of rotatable bonds is 3. The summed E-state index contributed by atoms with van der Waals surface area (Å²) in [7, 11) is 0. The van der Waals surface area contributed by atoms with Gasteiger partial charge in [-0.05, 0) is 57.8 Å². The van der Waals surface area contributed by atoms with Crippen molar-refractivity contribution in [3.8, 4) is 0 Å².